The highest BCUT2D eigenvalue weighted by atomic mass is 127. The van der Waals surface area contributed by atoms with Crippen LogP contribution in [-0.2, 0) is 17.9 Å². The van der Waals surface area contributed by atoms with Crippen LogP contribution in [0, 0.1) is 0 Å². The number of guanidine groups is 1. The number of aliphatic imine (C=N–C) groups is 1. The smallest absolute Gasteiger partial charge is 0.222 e. The molecule has 1 saturated heterocycles. The van der Waals surface area contributed by atoms with E-state index in [9.17, 15) is 4.79 Å². The predicted molar refractivity (Wildman–Crippen MR) is 142 cm³/mol. The van der Waals surface area contributed by atoms with Gasteiger partial charge in [0, 0.05) is 48.3 Å². The van der Waals surface area contributed by atoms with E-state index in [1.165, 1.54) is 4.90 Å². The number of thioether (sulfide) groups is 1. The van der Waals surface area contributed by atoms with E-state index in [-0.39, 0.29) is 29.9 Å². The van der Waals surface area contributed by atoms with E-state index >= 15 is 0 Å². The van der Waals surface area contributed by atoms with Gasteiger partial charge in [0.2, 0.25) is 5.91 Å². The molecule has 0 saturated carbocycles. The molecule has 5 nitrogen and oxygen atoms in total. The van der Waals surface area contributed by atoms with Crippen molar-refractivity contribution in [3.05, 3.63) is 64.7 Å². The molecule has 0 radical (unpaired) electrons. The van der Waals surface area contributed by atoms with Crippen LogP contribution < -0.4 is 10.6 Å². The first kappa shape index (κ1) is 25.8. The van der Waals surface area contributed by atoms with Crippen LogP contribution in [0.5, 0.6) is 0 Å². The summed E-state index contributed by atoms with van der Waals surface area (Å²) in [5.74, 6) is 2.01. The Balaban J connectivity index is 0.00000341. The number of nitrogens with one attached hydrogen (secondary N) is 2. The molecule has 0 aromatic heterocycles. The Morgan fingerprint density at radius 3 is 2.65 bits per heavy atom. The molecular formula is C23H30ClIN4OS. The monoisotopic (exact) mass is 572 g/mol. The van der Waals surface area contributed by atoms with Crippen molar-refractivity contribution in [3.8, 4) is 0 Å². The number of rotatable bonds is 9. The quantitative estimate of drug-likeness (QED) is 0.147. The topological polar surface area (TPSA) is 56.7 Å². The van der Waals surface area contributed by atoms with Gasteiger partial charge in [0.15, 0.2) is 5.96 Å². The summed E-state index contributed by atoms with van der Waals surface area (Å²) in [5, 5.41) is 7.45. The van der Waals surface area contributed by atoms with Crippen LogP contribution in [0.15, 0.2) is 58.4 Å². The number of nitrogens with zero attached hydrogens (tertiary/aromatic N) is 2. The standard InChI is InChI=1S/C23H29ClN4OS.HI/c1-2-25-23(26-12-14-30-21-10-8-20(24)9-11-21)27-16-18-5-3-6-19(15-18)17-28-13-4-7-22(28)29;/h3,5-6,8-11,15H,2,4,7,12-14,16-17H2,1H3,(H2,25,26,27);1H. The van der Waals surface area contributed by atoms with Crippen molar-refractivity contribution in [3.63, 3.8) is 0 Å². The minimum atomic E-state index is 0. The Morgan fingerprint density at radius 2 is 1.94 bits per heavy atom. The van der Waals surface area contributed by atoms with Crippen LogP contribution in [0.2, 0.25) is 5.02 Å². The van der Waals surface area contributed by atoms with Gasteiger partial charge in [-0.15, -0.1) is 35.7 Å². The molecule has 8 heteroatoms. The van der Waals surface area contributed by atoms with Gasteiger partial charge in [-0.1, -0.05) is 35.9 Å². The molecule has 1 heterocycles. The van der Waals surface area contributed by atoms with Crippen molar-refractivity contribution in [2.45, 2.75) is 37.8 Å². The summed E-state index contributed by atoms with van der Waals surface area (Å²) in [6.45, 7) is 5.85. The maximum atomic E-state index is 11.9. The fraction of sp³-hybridized carbons (Fsp3) is 0.391. The van der Waals surface area contributed by atoms with Gasteiger partial charge in [-0.2, -0.15) is 0 Å². The van der Waals surface area contributed by atoms with E-state index in [1.54, 1.807) is 11.8 Å². The number of hydrogen-bond acceptors (Lipinski definition) is 3. The summed E-state index contributed by atoms with van der Waals surface area (Å²) in [4.78, 5) is 19.7. The van der Waals surface area contributed by atoms with Crippen molar-refractivity contribution >= 4 is 59.2 Å². The lowest BCUT2D eigenvalue weighted by atomic mass is 10.1. The lowest BCUT2D eigenvalue weighted by Crippen LogP contribution is -2.38. The fourth-order valence-electron chi connectivity index (χ4n) is 3.30. The molecule has 1 amide bonds. The third-order valence-corrected chi connectivity index (χ3v) is 6.04. The van der Waals surface area contributed by atoms with Gasteiger partial charge in [0.1, 0.15) is 0 Å². The Bertz CT molecular complexity index is 863. The van der Waals surface area contributed by atoms with Gasteiger partial charge < -0.3 is 15.5 Å². The zero-order chi connectivity index (χ0) is 21.2. The molecule has 2 aromatic rings. The predicted octanol–water partition coefficient (Wildman–Crippen LogP) is 4.93. The lowest BCUT2D eigenvalue weighted by molar-refractivity contribution is -0.128. The second kappa shape index (κ2) is 13.9. The minimum Gasteiger partial charge on any atom is -0.357 e. The van der Waals surface area contributed by atoms with Crippen LogP contribution in [-0.4, -0.2) is 42.2 Å². The number of benzene rings is 2. The van der Waals surface area contributed by atoms with Gasteiger partial charge in [-0.25, -0.2) is 4.99 Å². The van der Waals surface area contributed by atoms with E-state index in [0.717, 1.165) is 53.9 Å². The highest BCUT2D eigenvalue weighted by molar-refractivity contribution is 14.0. The van der Waals surface area contributed by atoms with Crippen molar-refractivity contribution in [1.82, 2.24) is 15.5 Å². The van der Waals surface area contributed by atoms with Crippen LogP contribution >= 0.6 is 47.3 Å². The largest absolute Gasteiger partial charge is 0.357 e. The maximum absolute atomic E-state index is 11.9. The molecule has 2 N–H and O–H groups in total. The second-order valence-electron chi connectivity index (χ2n) is 7.16. The summed E-state index contributed by atoms with van der Waals surface area (Å²) >= 11 is 7.71. The summed E-state index contributed by atoms with van der Waals surface area (Å²) in [6, 6.07) is 16.3. The SMILES string of the molecule is CCNC(=NCc1cccc(CN2CCCC2=O)c1)NCCSc1ccc(Cl)cc1.I. The highest BCUT2D eigenvalue weighted by Gasteiger charge is 2.19. The average Bonchev–Trinajstić information content (AvgIpc) is 3.15. The summed E-state index contributed by atoms with van der Waals surface area (Å²) < 4.78 is 0. The summed E-state index contributed by atoms with van der Waals surface area (Å²) in [5.41, 5.74) is 2.31. The molecule has 168 valence electrons. The molecule has 0 unspecified atom stereocenters. The molecule has 1 aliphatic rings. The average molecular weight is 573 g/mol. The van der Waals surface area contributed by atoms with Gasteiger partial charge in [0.25, 0.3) is 0 Å². The Hall–Kier alpha value is -1.45. The number of carbonyl (C=O) groups excluding carboxylic acids is 1. The normalized spacial score (nSPS) is 13.8. The Kier molecular flexibility index (Phi) is 11.5. The number of likely N-dealkylation sites (tertiary alicyclic amines) is 1. The molecule has 2 aromatic carbocycles. The first-order valence-electron chi connectivity index (χ1n) is 10.4. The molecule has 0 spiro atoms. The second-order valence-corrected chi connectivity index (χ2v) is 8.77. The molecule has 3 rings (SSSR count). The van der Waals surface area contributed by atoms with Gasteiger partial charge in [0.05, 0.1) is 6.54 Å². The summed E-state index contributed by atoms with van der Waals surface area (Å²) in [6.07, 6.45) is 1.65. The van der Waals surface area contributed by atoms with Crippen LogP contribution in [0.4, 0.5) is 0 Å². The van der Waals surface area contributed by atoms with E-state index < -0.39 is 0 Å². The van der Waals surface area contributed by atoms with Gasteiger partial charge >= 0.3 is 0 Å². The van der Waals surface area contributed by atoms with E-state index in [2.05, 4.69) is 35.8 Å². The molecule has 0 bridgehead atoms. The Morgan fingerprint density at radius 1 is 1.16 bits per heavy atom. The van der Waals surface area contributed by atoms with Crippen molar-refractivity contribution < 1.29 is 4.79 Å². The zero-order valence-corrected chi connectivity index (χ0v) is 21.7. The lowest BCUT2D eigenvalue weighted by Gasteiger charge is -2.16. The first-order chi connectivity index (χ1) is 14.6. The number of amides is 1. The van der Waals surface area contributed by atoms with Crippen molar-refractivity contribution in [2.24, 2.45) is 4.99 Å². The number of hydrogen-bond donors (Lipinski definition) is 2. The molecule has 0 aliphatic carbocycles. The van der Waals surface area contributed by atoms with Crippen molar-refractivity contribution in [1.29, 1.82) is 0 Å². The third-order valence-electron chi connectivity index (χ3n) is 4.78. The number of halogens is 2. The van der Waals surface area contributed by atoms with Crippen LogP contribution in [0.1, 0.15) is 30.9 Å². The minimum absolute atomic E-state index is 0. The molecule has 31 heavy (non-hydrogen) atoms. The molecular weight excluding hydrogens is 543 g/mol. The molecule has 0 atom stereocenters. The van der Waals surface area contributed by atoms with E-state index in [4.69, 9.17) is 16.6 Å². The van der Waals surface area contributed by atoms with Crippen LogP contribution in [0.3, 0.4) is 0 Å². The zero-order valence-electron chi connectivity index (χ0n) is 17.8. The van der Waals surface area contributed by atoms with Gasteiger partial charge in [-0.05, 0) is 48.7 Å². The maximum Gasteiger partial charge on any atom is 0.222 e. The number of carbonyl (C=O) groups is 1. The van der Waals surface area contributed by atoms with Crippen LogP contribution in [0.25, 0.3) is 0 Å². The highest BCUT2D eigenvalue weighted by Crippen LogP contribution is 2.19. The van der Waals surface area contributed by atoms with E-state index in [0.29, 0.717) is 19.5 Å². The van der Waals surface area contributed by atoms with Gasteiger partial charge in [-0.3, -0.25) is 4.79 Å². The molecule has 1 aliphatic heterocycles. The summed E-state index contributed by atoms with van der Waals surface area (Å²) in [7, 11) is 0. The first-order valence-corrected chi connectivity index (χ1v) is 11.8. The third kappa shape index (κ3) is 8.90. The fourth-order valence-corrected chi connectivity index (χ4v) is 4.19. The van der Waals surface area contributed by atoms with Crippen molar-refractivity contribution in [2.75, 3.05) is 25.4 Å². The molecule has 1 fully saturated rings. The van der Waals surface area contributed by atoms with E-state index in [1.807, 2.05) is 35.2 Å². The Labute approximate surface area is 211 Å².